The quantitative estimate of drug-likeness (QED) is 0.436. The Hall–Kier alpha value is -0.870. The summed E-state index contributed by atoms with van der Waals surface area (Å²) >= 11 is 0. The van der Waals surface area contributed by atoms with Gasteiger partial charge in [0.15, 0.2) is 0 Å². The zero-order valence-corrected chi connectivity index (χ0v) is 16.4. The van der Waals surface area contributed by atoms with E-state index in [2.05, 4.69) is 37.6 Å². The van der Waals surface area contributed by atoms with Gasteiger partial charge in [-0.15, -0.1) is 0 Å². The van der Waals surface area contributed by atoms with Crippen molar-refractivity contribution in [2.45, 2.75) is 59.0 Å². The maximum atomic E-state index is 12.5. The van der Waals surface area contributed by atoms with Gasteiger partial charge in [-0.1, -0.05) is 32.9 Å². The fourth-order valence-electron chi connectivity index (χ4n) is 5.52. The highest BCUT2D eigenvalue weighted by Gasteiger charge is 2.54. The summed E-state index contributed by atoms with van der Waals surface area (Å²) in [5, 5.41) is 3.52. The fraction of sp³-hybridized carbons (Fsp3) is 0.857. The molecule has 0 radical (unpaired) electrons. The van der Waals surface area contributed by atoms with Crippen LogP contribution in [0.1, 0.15) is 52.9 Å². The number of carbonyl (C=O) groups is 1. The van der Waals surface area contributed by atoms with Crippen molar-refractivity contribution in [1.29, 1.82) is 0 Å². The molecule has 1 heterocycles. The lowest BCUT2D eigenvalue weighted by atomic mass is 9.55. The van der Waals surface area contributed by atoms with Crippen molar-refractivity contribution in [3.63, 3.8) is 0 Å². The number of hydrogen-bond donors (Lipinski definition) is 1. The number of nitrogens with zero attached hydrogens (tertiary/aromatic N) is 1. The third kappa shape index (κ3) is 3.80. The smallest absolute Gasteiger partial charge is 0.310 e. The largest absolute Gasteiger partial charge is 0.462 e. The number of rotatable bonds is 7. The van der Waals surface area contributed by atoms with E-state index < -0.39 is 0 Å². The third-order valence-electron chi connectivity index (χ3n) is 7.18. The Morgan fingerprint density at radius 2 is 2.12 bits per heavy atom. The highest BCUT2D eigenvalue weighted by molar-refractivity contribution is 5.75. The number of hydrogen-bond acceptors (Lipinski definition) is 4. The minimum atomic E-state index is 0.0261. The van der Waals surface area contributed by atoms with Crippen molar-refractivity contribution in [2.24, 2.45) is 23.2 Å². The van der Waals surface area contributed by atoms with Crippen LogP contribution in [0.5, 0.6) is 0 Å². The topological polar surface area (TPSA) is 41.6 Å². The summed E-state index contributed by atoms with van der Waals surface area (Å²) in [6.07, 6.45) is 5.92. The normalized spacial score (nSPS) is 37.8. The molecule has 0 aromatic heterocycles. The van der Waals surface area contributed by atoms with Crippen molar-refractivity contribution in [3.05, 3.63) is 12.2 Å². The molecule has 2 saturated carbocycles. The van der Waals surface area contributed by atoms with Crippen LogP contribution >= 0.6 is 0 Å². The summed E-state index contributed by atoms with van der Waals surface area (Å²) in [6, 6.07) is 0. The number of fused-ring (bicyclic) bond motifs is 2. The van der Waals surface area contributed by atoms with Crippen LogP contribution in [0.3, 0.4) is 0 Å². The van der Waals surface area contributed by atoms with E-state index in [4.69, 9.17) is 4.74 Å². The zero-order chi connectivity index (χ0) is 18.0. The molecule has 5 atom stereocenters. The summed E-state index contributed by atoms with van der Waals surface area (Å²) < 4.78 is 5.83. The van der Waals surface area contributed by atoms with Crippen molar-refractivity contribution >= 4 is 5.97 Å². The Balaban J connectivity index is 1.57. The van der Waals surface area contributed by atoms with Crippen molar-refractivity contribution in [2.75, 3.05) is 32.7 Å². The Morgan fingerprint density at radius 1 is 1.36 bits per heavy atom. The van der Waals surface area contributed by atoms with Gasteiger partial charge < -0.3 is 15.0 Å². The van der Waals surface area contributed by atoms with Crippen LogP contribution in [0.25, 0.3) is 0 Å². The molecular weight excluding hydrogens is 312 g/mol. The van der Waals surface area contributed by atoms with Gasteiger partial charge in [0.2, 0.25) is 0 Å². The summed E-state index contributed by atoms with van der Waals surface area (Å²) in [6.45, 7) is 16.0. The molecule has 0 aromatic carbocycles. The molecule has 0 bridgehead atoms. The van der Waals surface area contributed by atoms with Crippen LogP contribution < -0.4 is 5.32 Å². The van der Waals surface area contributed by atoms with E-state index in [-0.39, 0.29) is 18.0 Å². The van der Waals surface area contributed by atoms with Crippen molar-refractivity contribution < 1.29 is 9.53 Å². The van der Waals surface area contributed by atoms with Gasteiger partial charge in [-0.05, 0) is 56.5 Å². The monoisotopic (exact) mass is 348 g/mol. The predicted octanol–water partition coefficient (Wildman–Crippen LogP) is 3.23. The number of nitrogens with one attached hydrogen (secondary N) is 1. The minimum Gasteiger partial charge on any atom is -0.462 e. The molecule has 0 aromatic rings. The van der Waals surface area contributed by atoms with Crippen molar-refractivity contribution in [3.8, 4) is 0 Å². The molecule has 4 heteroatoms. The first-order chi connectivity index (χ1) is 12.0. The van der Waals surface area contributed by atoms with Crippen molar-refractivity contribution in [1.82, 2.24) is 10.2 Å². The fourth-order valence-corrected chi connectivity index (χ4v) is 5.52. The average molecular weight is 349 g/mol. The highest BCUT2D eigenvalue weighted by atomic mass is 16.6. The van der Waals surface area contributed by atoms with Crippen LogP contribution in [0.4, 0.5) is 0 Å². The van der Waals surface area contributed by atoms with Gasteiger partial charge in [-0.25, -0.2) is 0 Å². The molecule has 1 saturated heterocycles. The van der Waals surface area contributed by atoms with E-state index >= 15 is 0 Å². The number of esters is 1. The Bertz CT molecular complexity index is 502. The molecule has 3 rings (SSSR count). The molecule has 1 N–H and O–H groups in total. The second-order valence-corrected chi connectivity index (χ2v) is 8.63. The highest BCUT2D eigenvalue weighted by Crippen LogP contribution is 2.56. The minimum absolute atomic E-state index is 0.0261. The van der Waals surface area contributed by atoms with Gasteiger partial charge in [-0.3, -0.25) is 4.79 Å². The maximum absolute atomic E-state index is 12.5. The van der Waals surface area contributed by atoms with Gasteiger partial charge in [-0.2, -0.15) is 0 Å². The van der Waals surface area contributed by atoms with Gasteiger partial charge >= 0.3 is 5.97 Å². The first kappa shape index (κ1) is 18.9. The molecule has 0 amide bonds. The van der Waals surface area contributed by atoms with E-state index in [1.807, 2.05) is 0 Å². The summed E-state index contributed by atoms with van der Waals surface area (Å²) in [4.78, 5) is 14.9. The number of carbonyl (C=O) groups excluding carboxylic acids is 1. The molecule has 1 aliphatic heterocycles. The number of likely N-dealkylation sites (N-methyl/N-ethyl adjacent to an activating group) is 1. The number of allylic oxidation sites excluding steroid dienone is 1. The second-order valence-electron chi connectivity index (χ2n) is 8.63. The standard InChI is InChI=1S/C21H36N2O2/c1-5-23(6-2)11-10-22-14-17-16-12-18-15(3)8-7-9-21(18,4)13-19(16)25-20(17)24/h16-19,22H,3,5-14H2,1-2,4H3/t16-,17+,18+,19-,21-/m1/s1. The molecule has 3 aliphatic rings. The van der Waals surface area contributed by atoms with Crippen LogP contribution in [0, 0.1) is 23.2 Å². The number of ether oxygens (including phenoxy) is 1. The van der Waals surface area contributed by atoms with E-state index in [0.717, 1.165) is 45.6 Å². The molecule has 0 unspecified atom stereocenters. The molecular formula is C21H36N2O2. The lowest BCUT2D eigenvalue weighted by Crippen LogP contribution is -2.45. The lowest BCUT2D eigenvalue weighted by Gasteiger charge is -2.50. The van der Waals surface area contributed by atoms with Gasteiger partial charge in [0, 0.05) is 25.6 Å². The molecule has 142 valence electrons. The van der Waals surface area contributed by atoms with Crippen LogP contribution in [-0.4, -0.2) is 49.7 Å². The van der Waals surface area contributed by atoms with E-state index in [1.54, 1.807) is 0 Å². The van der Waals surface area contributed by atoms with Gasteiger partial charge in [0.25, 0.3) is 0 Å². The second kappa shape index (κ2) is 7.79. The third-order valence-corrected chi connectivity index (χ3v) is 7.18. The molecule has 4 nitrogen and oxygen atoms in total. The molecule has 2 aliphatic carbocycles. The SMILES string of the molecule is C=C1CCC[C@]2(C)C[C@H]3OC(=O)[C@@H](CNCCN(CC)CC)[C@H]3C[C@@H]12. The molecule has 0 spiro atoms. The zero-order valence-electron chi connectivity index (χ0n) is 16.4. The summed E-state index contributed by atoms with van der Waals surface area (Å²) in [5.41, 5.74) is 1.71. The van der Waals surface area contributed by atoms with Crippen LogP contribution in [0.2, 0.25) is 0 Å². The Labute approximate surface area is 153 Å². The first-order valence-corrected chi connectivity index (χ1v) is 10.3. The predicted molar refractivity (Wildman–Crippen MR) is 101 cm³/mol. The van der Waals surface area contributed by atoms with E-state index in [0.29, 0.717) is 17.3 Å². The van der Waals surface area contributed by atoms with Gasteiger partial charge in [0.1, 0.15) is 6.10 Å². The molecule has 25 heavy (non-hydrogen) atoms. The van der Waals surface area contributed by atoms with Crippen LogP contribution in [-0.2, 0) is 9.53 Å². The van der Waals surface area contributed by atoms with Gasteiger partial charge in [0.05, 0.1) is 5.92 Å². The summed E-state index contributed by atoms with van der Waals surface area (Å²) in [5.74, 6) is 1.01. The lowest BCUT2D eigenvalue weighted by molar-refractivity contribution is -0.146. The van der Waals surface area contributed by atoms with E-state index in [9.17, 15) is 4.79 Å². The molecule has 3 fully saturated rings. The van der Waals surface area contributed by atoms with Crippen LogP contribution in [0.15, 0.2) is 12.2 Å². The Kier molecular flexibility index (Phi) is 5.89. The average Bonchev–Trinajstić information content (AvgIpc) is 2.87. The Morgan fingerprint density at radius 3 is 2.84 bits per heavy atom. The van der Waals surface area contributed by atoms with E-state index in [1.165, 1.54) is 24.8 Å². The summed E-state index contributed by atoms with van der Waals surface area (Å²) in [7, 11) is 0. The maximum Gasteiger partial charge on any atom is 0.310 e. The first-order valence-electron chi connectivity index (χ1n) is 10.3.